The zero-order valence-corrected chi connectivity index (χ0v) is 16.7. The molecule has 0 amide bonds. The first-order valence-electron chi connectivity index (χ1n) is 9.92. The van der Waals surface area contributed by atoms with Gasteiger partial charge in [-0.1, -0.05) is 17.3 Å². The molecule has 0 N–H and O–H groups in total. The number of benzene rings is 1. The van der Waals surface area contributed by atoms with Gasteiger partial charge < -0.3 is 9.26 Å². The molecule has 7 nitrogen and oxygen atoms in total. The number of ether oxygens (including phenoxy) is 1. The van der Waals surface area contributed by atoms with E-state index in [-0.39, 0.29) is 35.5 Å². The van der Waals surface area contributed by atoms with Gasteiger partial charge in [-0.15, -0.1) is 0 Å². The third kappa shape index (κ3) is 4.20. The fourth-order valence-corrected chi connectivity index (χ4v) is 3.98. The number of hydrogen-bond acceptors (Lipinski definition) is 7. The van der Waals surface area contributed by atoms with E-state index in [1.54, 1.807) is 0 Å². The van der Waals surface area contributed by atoms with E-state index in [2.05, 4.69) is 19.9 Å². The third-order valence-electron chi connectivity index (χ3n) is 5.73. The van der Waals surface area contributed by atoms with Gasteiger partial charge in [-0.25, -0.2) is 0 Å². The number of hydrogen-bond donors (Lipinski definition) is 0. The molecule has 0 aliphatic carbocycles. The molecule has 2 aliphatic rings. The van der Waals surface area contributed by atoms with Crippen molar-refractivity contribution in [1.29, 1.82) is 0 Å². The second-order valence-electron chi connectivity index (χ2n) is 7.78. The summed E-state index contributed by atoms with van der Waals surface area (Å²) in [6.45, 7) is 6.66. The normalized spacial score (nSPS) is 24.8. The summed E-state index contributed by atoms with van der Waals surface area (Å²) in [5.74, 6) is 0.320. The summed E-state index contributed by atoms with van der Waals surface area (Å²) >= 11 is 0. The van der Waals surface area contributed by atoms with Crippen LogP contribution >= 0.6 is 0 Å². The van der Waals surface area contributed by atoms with Crippen LogP contribution in [0, 0.1) is 0 Å². The lowest BCUT2D eigenvalue weighted by Crippen LogP contribution is -2.52. The Labute approximate surface area is 171 Å². The van der Waals surface area contributed by atoms with Gasteiger partial charge in [0.2, 0.25) is 11.7 Å². The number of esters is 1. The number of piperazine rings is 1. The molecule has 2 saturated heterocycles. The van der Waals surface area contributed by atoms with Crippen molar-refractivity contribution in [3.8, 4) is 11.4 Å². The van der Waals surface area contributed by atoms with Gasteiger partial charge in [0.15, 0.2) is 0 Å². The second kappa shape index (κ2) is 7.99. The number of nitrogens with zero attached hydrogens (tertiary/aromatic N) is 4. The summed E-state index contributed by atoms with van der Waals surface area (Å²) in [6, 6.07) is 4.50. The highest BCUT2D eigenvalue weighted by molar-refractivity contribution is 5.78. The number of carbonyl (C=O) groups excluding carboxylic acids is 1. The van der Waals surface area contributed by atoms with Crippen molar-refractivity contribution in [3.63, 3.8) is 0 Å². The van der Waals surface area contributed by atoms with E-state index < -0.39 is 11.7 Å². The molecule has 0 spiro atoms. The maximum absolute atomic E-state index is 12.9. The Bertz CT molecular complexity index is 909. The standard InChI is InChI=1S/C20H23F3N4O3/c1-12-10-16(19(28)29-12)27-8-6-26(7-9-27)13(2)18-24-17(25-30-18)14-4-3-5-15(11-14)20(21,22)23/h3-5,11-13,16H,6-10H2,1-2H3. The van der Waals surface area contributed by atoms with Crippen molar-refractivity contribution in [2.24, 2.45) is 0 Å². The fraction of sp³-hybridized carbons (Fsp3) is 0.550. The van der Waals surface area contributed by atoms with Crippen molar-refractivity contribution in [2.75, 3.05) is 26.2 Å². The predicted octanol–water partition coefficient (Wildman–Crippen LogP) is 3.14. The average molecular weight is 424 g/mol. The molecule has 3 unspecified atom stereocenters. The smallest absolute Gasteiger partial charge is 0.416 e. The Morgan fingerprint density at radius 3 is 2.57 bits per heavy atom. The van der Waals surface area contributed by atoms with Crippen LogP contribution < -0.4 is 0 Å². The van der Waals surface area contributed by atoms with Crippen LogP contribution in [0.15, 0.2) is 28.8 Å². The Hall–Kier alpha value is -2.46. The minimum atomic E-state index is -4.43. The van der Waals surface area contributed by atoms with Crippen LogP contribution in [0.5, 0.6) is 0 Å². The van der Waals surface area contributed by atoms with Crippen LogP contribution in [-0.2, 0) is 15.7 Å². The number of aromatic nitrogens is 2. The van der Waals surface area contributed by atoms with Gasteiger partial charge >= 0.3 is 12.1 Å². The molecule has 0 bridgehead atoms. The van der Waals surface area contributed by atoms with Crippen molar-refractivity contribution < 1.29 is 27.2 Å². The van der Waals surface area contributed by atoms with E-state index in [9.17, 15) is 18.0 Å². The monoisotopic (exact) mass is 424 g/mol. The van der Waals surface area contributed by atoms with Crippen LogP contribution in [0.2, 0.25) is 0 Å². The Morgan fingerprint density at radius 2 is 1.93 bits per heavy atom. The zero-order chi connectivity index (χ0) is 21.5. The van der Waals surface area contributed by atoms with Gasteiger partial charge in [0, 0.05) is 38.2 Å². The molecule has 1 aromatic carbocycles. The van der Waals surface area contributed by atoms with E-state index in [4.69, 9.17) is 9.26 Å². The van der Waals surface area contributed by atoms with E-state index >= 15 is 0 Å². The van der Waals surface area contributed by atoms with E-state index in [0.29, 0.717) is 38.5 Å². The zero-order valence-electron chi connectivity index (χ0n) is 16.7. The fourth-order valence-electron chi connectivity index (χ4n) is 3.98. The van der Waals surface area contributed by atoms with Gasteiger partial charge in [0.05, 0.1) is 11.6 Å². The topological polar surface area (TPSA) is 71.7 Å². The largest absolute Gasteiger partial charge is 0.461 e. The molecular weight excluding hydrogens is 401 g/mol. The summed E-state index contributed by atoms with van der Waals surface area (Å²) in [5, 5.41) is 3.87. The van der Waals surface area contributed by atoms with Crippen LogP contribution in [0.4, 0.5) is 13.2 Å². The predicted molar refractivity (Wildman–Crippen MR) is 100 cm³/mol. The van der Waals surface area contributed by atoms with Gasteiger partial charge in [-0.05, 0) is 26.0 Å². The number of cyclic esters (lactones) is 1. The molecule has 162 valence electrons. The Balaban J connectivity index is 1.40. The van der Waals surface area contributed by atoms with Crippen molar-refractivity contribution in [1.82, 2.24) is 19.9 Å². The molecule has 30 heavy (non-hydrogen) atoms. The van der Waals surface area contributed by atoms with Crippen molar-refractivity contribution in [3.05, 3.63) is 35.7 Å². The Kier molecular flexibility index (Phi) is 5.54. The third-order valence-corrected chi connectivity index (χ3v) is 5.73. The van der Waals surface area contributed by atoms with Gasteiger partial charge in [-0.2, -0.15) is 18.2 Å². The maximum Gasteiger partial charge on any atom is 0.416 e. The van der Waals surface area contributed by atoms with Crippen molar-refractivity contribution in [2.45, 2.75) is 44.6 Å². The summed E-state index contributed by atoms with van der Waals surface area (Å²) in [6.07, 6.45) is -3.77. The first kappa shape index (κ1) is 20.8. The maximum atomic E-state index is 12.9. The molecule has 2 aromatic rings. The minimum absolute atomic E-state index is 0.0490. The molecule has 4 rings (SSSR count). The van der Waals surface area contributed by atoms with E-state index in [1.165, 1.54) is 12.1 Å². The quantitative estimate of drug-likeness (QED) is 0.699. The van der Waals surface area contributed by atoms with Crippen LogP contribution in [0.25, 0.3) is 11.4 Å². The number of rotatable bonds is 4. The lowest BCUT2D eigenvalue weighted by molar-refractivity contribution is -0.145. The lowest BCUT2D eigenvalue weighted by Gasteiger charge is -2.38. The first-order valence-corrected chi connectivity index (χ1v) is 9.92. The van der Waals surface area contributed by atoms with Crippen LogP contribution in [0.3, 0.4) is 0 Å². The van der Waals surface area contributed by atoms with Crippen LogP contribution in [0.1, 0.15) is 37.8 Å². The molecule has 3 heterocycles. The highest BCUT2D eigenvalue weighted by atomic mass is 19.4. The highest BCUT2D eigenvalue weighted by Gasteiger charge is 2.38. The lowest BCUT2D eigenvalue weighted by atomic mass is 10.1. The Morgan fingerprint density at radius 1 is 1.20 bits per heavy atom. The van der Waals surface area contributed by atoms with Gasteiger partial charge in [-0.3, -0.25) is 14.6 Å². The first-order chi connectivity index (χ1) is 14.2. The molecule has 2 aliphatic heterocycles. The van der Waals surface area contributed by atoms with E-state index in [0.717, 1.165) is 12.1 Å². The second-order valence-corrected chi connectivity index (χ2v) is 7.78. The van der Waals surface area contributed by atoms with E-state index in [1.807, 2.05) is 13.8 Å². The molecule has 0 radical (unpaired) electrons. The molecule has 1 aromatic heterocycles. The molecule has 3 atom stereocenters. The van der Waals surface area contributed by atoms with Crippen molar-refractivity contribution >= 4 is 5.97 Å². The van der Waals surface area contributed by atoms with Crippen LogP contribution in [-0.4, -0.2) is 64.2 Å². The summed E-state index contributed by atoms with van der Waals surface area (Å²) in [7, 11) is 0. The molecule has 10 heteroatoms. The molecule has 2 fully saturated rings. The number of carbonyl (C=O) groups is 1. The SMILES string of the molecule is CC1CC(N2CCN(C(C)c3nc(-c4cccc(C(F)(F)F)c4)no3)CC2)C(=O)O1. The summed E-state index contributed by atoms with van der Waals surface area (Å²) in [4.78, 5) is 20.6. The van der Waals surface area contributed by atoms with Gasteiger partial charge in [0.1, 0.15) is 12.1 Å². The minimum Gasteiger partial charge on any atom is -0.461 e. The highest BCUT2D eigenvalue weighted by Crippen LogP contribution is 2.32. The molecular formula is C20H23F3N4O3. The average Bonchev–Trinajstić information content (AvgIpc) is 3.33. The number of halogens is 3. The number of alkyl halides is 3. The summed E-state index contributed by atoms with van der Waals surface area (Å²) in [5.41, 5.74) is -0.499. The molecule has 0 saturated carbocycles. The van der Waals surface area contributed by atoms with Gasteiger partial charge in [0.25, 0.3) is 0 Å². The summed E-state index contributed by atoms with van der Waals surface area (Å²) < 4.78 is 49.4.